The van der Waals surface area contributed by atoms with Crippen molar-refractivity contribution in [1.29, 1.82) is 0 Å². The van der Waals surface area contributed by atoms with Crippen LogP contribution in [0.2, 0.25) is 0 Å². The number of rotatable bonds is 5. The van der Waals surface area contributed by atoms with Crippen LogP contribution in [0, 0.1) is 12.7 Å². The number of pyridine rings is 1. The van der Waals surface area contributed by atoms with E-state index in [-0.39, 0.29) is 11.5 Å². The molecule has 7 nitrogen and oxygen atoms in total. The molecule has 0 amide bonds. The predicted octanol–water partition coefficient (Wildman–Crippen LogP) is 4.71. The smallest absolute Gasteiger partial charge is 0.319 e. The number of anilines is 1. The number of aryl methyl sites for hydroxylation is 1. The molecule has 1 N–H and O–H groups in total. The van der Waals surface area contributed by atoms with Gasteiger partial charge in [0.15, 0.2) is 5.82 Å². The first-order chi connectivity index (χ1) is 18.5. The van der Waals surface area contributed by atoms with E-state index in [0.29, 0.717) is 35.8 Å². The highest BCUT2D eigenvalue weighted by molar-refractivity contribution is 5.99. The average molecular weight is 513 g/mol. The lowest BCUT2D eigenvalue weighted by atomic mass is 9.99. The maximum atomic E-state index is 16.4. The number of benzene rings is 2. The Morgan fingerprint density at radius 2 is 1.89 bits per heavy atom. The fraction of sp³-hybridized carbons (Fsp3) is 0.433. The third-order valence-electron chi connectivity index (χ3n) is 8.53. The van der Waals surface area contributed by atoms with Gasteiger partial charge in [-0.1, -0.05) is 42.0 Å². The minimum atomic E-state index is -0.430. The lowest BCUT2D eigenvalue weighted by molar-refractivity contribution is 0.188. The van der Waals surface area contributed by atoms with Crippen LogP contribution < -0.4 is 15.0 Å². The van der Waals surface area contributed by atoms with Gasteiger partial charge in [0.1, 0.15) is 23.6 Å². The first-order valence-corrected chi connectivity index (χ1v) is 13.7. The predicted molar refractivity (Wildman–Crippen MR) is 148 cm³/mol. The number of likely N-dealkylation sites (N-methyl/N-ethyl adjacent to an activating group) is 1. The van der Waals surface area contributed by atoms with Gasteiger partial charge in [0.2, 0.25) is 0 Å². The maximum Gasteiger partial charge on any atom is 0.319 e. The number of halogens is 1. The quantitative estimate of drug-likeness (QED) is 0.416. The fourth-order valence-corrected chi connectivity index (χ4v) is 6.44. The van der Waals surface area contributed by atoms with Crippen LogP contribution in [0.1, 0.15) is 31.2 Å². The van der Waals surface area contributed by atoms with E-state index in [9.17, 15) is 0 Å². The van der Waals surface area contributed by atoms with Gasteiger partial charge in [-0.05, 0) is 57.0 Å². The number of likely N-dealkylation sites (tertiary alicyclic amines) is 1. The van der Waals surface area contributed by atoms with E-state index in [1.807, 2.05) is 25.1 Å². The van der Waals surface area contributed by atoms with E-state index in [1.165, 1.54) is 0 Å². The highest BCUT2D eigenvalue weighted by Gasteiger charge is 2.34. The van der Waals surface area contributed by atoms with Crippen molar-refractivity contribution in [1.82, 2.24) is 25.2 Å². The van der Waals surface area contributed by atoms with E-state index in [1.54, 1.807) is 6.20 Å². The molecule has 5 heterocycles. The van der Waals surface area contributed by atoms with E-state index < -0.39 is 5.82 Å². The molecule has 0 spiro atoms. The first-order valence-electron chi connectivity index (χ1n) is 13.7. The summed E-state index contributed by atoms with van der Waals surface area (Å²) in [6.07, 6.45) is 6.29. The van der Waals surface area contributed by atoms with Crippen molar-refractivity contribution < 1.29 is 9.13 Å². The second-order valence-corrected chi connectivity index (χ2v) is 11.2. The largest absolute Gasteiger partial charge is 0.462 e. The molecule has 0 aliphatic carbocycles. The summed E-state index contributed by atoms with van der Waals surface area (Å²) in [6, 6.07) is 13.6. The highest BCUT2D eigenvalue weighted by Crippen LogP contribution is 2.36. The Morgan fingerprint density at radius 1 is 1.05 bits per heavy atom. The maximum absolute atomic E-state index is 16.4. The second kappa shape index (κ2) is 9.43. The minimum absolute atomic E-state index is 0.239. The lowest BCUT2D eigenvalue weighted by Crippen LogP contribution is -2.51. The van der Waals surface area contributed by atoms with E-state index in [2.05, 4.69) is 50.3 Å². The number of ether oxygens (including phenoxy) is 1. The summed E-state index contributed by atoms with van der Waals surface area (Å²) >= 11 is 0. The average Bonchev–Trinajstić information content (AvgIpc) is 3.50. The van der Waals surface area contributed by atoms with Crippen molar-refractivity contribution in [3.63, 3.8) is 0 Å². The molecule has 2 aromatic heterocycles. The molecule has 4 aromatic rings. The van der Waals surface area contributed by atoms with Crippen molar-refractivity contribution in [3.8, 4) is 17.3 Å². The van der Waals surface area contributed by atoms with Crippen molar-refractivity contribution in [2.45, 2.75) is 50.7 Å². The summed E-state index contributed by atoms with van der Waals surface area (Å²) < 4.78 is 22.6. The highest BCUT2D eigenvalue weighted by atomic mass is 19.1. The number of hydrogen-bond donors (Lipinski definition) is 1. The number of piperazine rings is 1. The SMILES string of the molecule is Cc1ccc2cccc(-c3ncc4c(N5C[C@H]6CC[C@@H](C5)N6)nc(OC[C@@H]5CCCN5C)nc4c3F)c2c1. The standard InChI is InChI=1S/C30H33FN6O/c1-18-8-9-19-5-3-7-23(24(19)13-18)27-26(31)28-25(14-32-27)29(37-15-20-10-11-21(16-37)33-20)35-30(34-28)38-17-22-6-4-12-36(22)2/h3,5,7-9,13-14,20-22,33H,4,6,10-12,15-17H2,1-2H3/t20-,21+,22-/m0/s1. The zero-order chi connectivity index (χ0) is 25.8. The monoisotopic (exact) mass is 512 g/mol. The number of aromatic nitrogens is 3. The third-order valence-corrected chi connectivity index (χ3v) is 8.53. The fourth-order valence-electron chi connectivity index (χ4n) is 6.44. The van der Waals surface area contributed by atoms with Gasteiger partial charge in [0, 0.05) is 43.0 Å². The van der Waals surface area contributed by atoms with Crippen LogP contribution in [0.4, 0.5) is 10.2 Å². The van der Waals surface area contributed by atoms with Gasteiger partial charge < -0.3 is 19.9 Å². The summed E-state index contributed by atoms with van der Waals surface area (Å²) in [7, 11) is 2.12. The molecule has 2 bridgehead atoms. The van der Waals surface area contributed by atoms with Gasteiger partial charge in [-0.2, -0.15) is 9.97 Å². The van der Waals surface area contributed by atoms with Gasteiger partial charge in [0.05, 0.1) is 5.39 Å². The molecule has 7 rings (SSSR count). The Bertz CT molecular complexity index is 1510. The van der Waals surface area contributed by atoms with E-state index in [4.69, 9.17) is 9.72 Å². The summed E-state index contributed by atoms with van der Waals surface area (Å²) in [4.78, 5) is 18.7. The van der Waals surface area contributed by atoms with Gasteiger partial charge in [0.25, 0.3) is 0 Å². The Hall–Kier alpha value is -3.36. The zero-order valence-electron chi connectivity index (χ0n) is 22.0. The van der Waals surface area contributed by atoms with Gasteiger partial charge in [-0.15, -0.1) is 0 Å². The van der Waals surface area contributed by atoms with Crippen molar-refractivity contribution in [2.24, 2.45) is 0 Å². The summed E-state index contributed by atoms with van der Waals surface area (Å²) in [5, 5.41) is 6.34. The topological polar surface area (TPSA) is 66.4 Å². The van der Waals surface area contributed by atoms with Gasteiger partial charge in [-0.3, -0.25) is 4.98 Å². The molecule has 0 radical (unpaired) electrons. The number of fused-ring (bicyclic) bond motifs is 4. The van der Waals surface area contributed by atoms with Crippen molar-refractivity contribution in [2.75, 3.05) is 38.2 Å². The molecule has 3 atom stereocenters. The molecule has 2 aromatic carbocycles. The minimum Gasteiger partial charge on any atom is -0.462 e. The Labute approximate surface area is 222 Å². The molecule has 0 unspecified atom stereocenters. The van der Waals surface area contributed by atoms with Gasteiger partial charge in [-0.25, -0.2) is 4.39 Å². The molecule has 38 heavy (non-hydrogen) atoms. The third kappa shape index (κ3) is 4.16. The van der Waals surface area contributed by atoms with Crippen LogP contribution >= 0.6 is 0 Å². The summed E-state index contributed by atoms with van der Waals surface area (Å²) in [5.74, 6) is 0.288. The van der Waals surface area contributed by atoms with Crippen LogP contribution in [-0.4, -0.2) is 71.3 Å². The molecule has 0 saturated carbocycles. The molecular formula is C30H33FN6O. The Balaban J connectivity index is 1.35. The molecule has 3 fully saturated rings. The Morgan fingerprint density at radius 3 is 2.68 bits per heavy atom. The summed E-state index contributed by atoms with van der Waals surface area (Å²) in [6.45, 7) is 5.27. The van der Waals surface area contributed by atoms with Crippen molar-refractivity contribution in [3.05, 3.63) is 54.0 Å². The normalized spacial score (nSPS) is 23.6. The van der Waals surface area contributed by atoms with E-state index >= 15 is 4.39 Å². The van der Waals surface area contributed by atoms with Crippen molar-refractivity contribution >= 4 is 27.5 Å². The number of hydrogen-bond acceptors (Lipinski definition) is 7. The second-order valence-electron chi connectivity index (χ2n) is 11.2. The van der Waals surface area contributed by atoms with Crippen LogP contribution in [0.5, 0.6) is 6.01 Å². The molecule has 3 aliphatic heterocycles. The number of nitrogens with one attached hydrogen (secondary N) is 1. The molecule has 196 valence electrons. The Kier molecular flexibility index (Phi) is 5.89. The first kappa shape index (κ1) is 23.7. The zero-order valence-corrected chi connectivity index (χ0v) is 22.0. The molecular weight excluding hydrogens is 479 g/mol. The van der Waals surface area contributed by atoms with Crippen LogP contribution in [0.15, 0.2) is 42.6 Å². The molecule has 3 aliphatic rings. The van der Waals surface area contributed by atoms with Crippen LogP contribution in [-0.2, 0) is 0 Å². The van der Waals surface area contributed by atoms with Crippen LogP contribution in [0.25, 0.3) is 32.9 Å². The van der Waals surface area contributed by atoms with Gasteiger partial charge >= 0.3 is 6.01 Å². The lowest BCUT2D eigenvalue weighted by Gasteiger charge is -2.34. The van der Waals surface area contributed by atoms with E-state index in [0.717, 1.165) is 73.0 Å². The summed E-state index contributed by atoms with van der Waals surface area (Å²) in [5.41, 5.74) is 2.46. The number of nitrogens with zero attached hydrogens (tertiary/aromatic N) is 5. The molecule has 8 heteroatoms. The molecule has 3 saturated heterocycles. The van der Waals surface area contributed by atoms with Crippen LogP contribution in [0.3, 0.4) is 0 Å².